The lowest BCUT2D eigenvalue weighted by Crippen LogP contribution is -2.41. The van der Waals surface area contributed by atoms with Crippen molar-refractivity contribution in [2.45, 2.75) is 18.9 Å². The van der Waals surface area contributed by atoms with E-state index in [0.717, 1.165) is 11.4 Å². The molecule has 0 unspecified atom stereocenters. The molecular formula is C21H20ClSi. The normalized spacial score (nSPS) is 10.9. The third-order valence-electron chi connectivity index (χ3n) is 4.08. The lowest BCUT2D eigenvalue weighted by molar-refractivity contribution is 0.913. The number of hydrogen-bond donors (Lipinski definition) is 0. The molecule has 0 spiro atoms. The molecule has 0 bridgehead atoms. The maximum absolute atomic E-state index is 6.28. The summed E-state index contributed by atoms with van der Waals surface area (Å²) in [6, 6.07) is 31.3. The Balaban J connectivity index is 1.74. The van der Waals surface area contributed by atoms with E-state index in [1.54, 1.807) is 0 Å². The molecule has 0 N–H and O–H groups in total. The van der Waals surface area contributed by atoms with Gasteiger partial charge in [-0.15, -0.1) is 0 Å². The standard InChI is InChI=1S/C21H20ClSi/c22-21-16-8-7-10-18(21)11-9-17-23(19-12-3-1-4-13-19)20-14-5-2-6-15-20/h1-8,10,12-16H,9,11,17H2. The minimum absolute atomic E-state index is 0.725. The smallest absolute Gasteiger partial charge is 0.0840 e. The summed E-state index contributed by atoms with van der Waals surface area (Å²) in [4.78, 5) is 0. The molecule has 23 heavy (non-hydrogen) atoms. The van der Waals surface area contributed by atoms with E-state index in [0.29, 0.717) is 0 Å². The molecule has 0 saturated heterocycles. The van der Waals surface area contributed by atoms with Crippen molar-refractivity contribution in [2.75, 3.05) is 0 Å². The third kappa shape index (κ3) is 4.34. The highest BCUT2D eigenvalue weighted by Crippen LogP contribution is 2.17. The summed E-state index contributed by atoms with van der Waals surface area (Å²) < 4.78 is 0. The maximum Gasteiger partial charge on any atom is 0.121 e. The Labute approximate surface area is 145 Å². The van der Waals surface area contributed by atoms with Crippen LogP contribution in [0.3, 0.4) is 0 Å². The zero-order valence-corrected chi connectivity index (χ0v) is 14.8. The summed E-state index contributed by atoms with van der Waals surface area (Å²) >= 11 is 6.28. The first-order valence-corrected chi connectivity index (χ1v) is 10.1. The second-order valence-corrected chi connectivity index (χ2v) is 8.67. The van der Waals surface area contributed by atoms with Crippen LogP contribution in [0.15, 0.2) is 84.9 Å². The van der Waals surface area contributed by atoms with Crippen LogP contribution in [0.4, 0.5) is 0 Å². The fourth-order valence-corrected chi connectivity index (χ4v) is 5.75. The Morgan fingerprint density at radius 3 is 1.74 bits per heavy atom. The molecule has 1 radical (unpaired) electrons. The van der Waals surface area contributed by atoms with Gasteiger partial charge in [0.2, 0.25) is 0 Å². The van der Waals surface area contributed by atoms with E-state index in [9.17, 15) is 0 Å². The predicted molar refractivity (Wildman–Crippen MR) is 102 cm³/mol. The lowest BCUT2D eigenvalue weighted by Gasteiger charge is -2.16. The van der Waals surface area contributed by atoms with Crippen LogP contribution in [0, 0.1) is 0 Å². The van der Waals surface area contributed by atoms with E-state index < -0.39 is 8.80 Å². The van der Waals surface area contributed by atoms with Crippen LogP contribution in [-0.4, -0.2) is 8.80 Å². The Morgan fingerprint density at radius 1 is 0.652 bits per heavy atom. The topological polar surface area (TPSA) is 0 Å². The number of halogens is 1. The van der Waals surface area contributed by atoms with Crippen molar-refractivity contribution in [1.82, 2.24) is 0 Å². The molecule has 0 fully saturated rings. The SMILES string of the molecule is Clc1ccccc1CCC[Si](c1ccccc1)c1ccccc1. The van der Waals surface area contributed by atoms with Crippen molar-refractivity contribution in [3.05, 3.63) is 95.5 Å². The highest BCUT2D eigenvalue weighted by atomic mass is 35.5. The van der Waals surface area contributed by atoms with Crippen LogP contribution in [0.5, 0.6) is 0 Å². The Kier molecular flexibility index (Phi) is 5.68. The van der Waals surface area contributed by atoms with Crippen molar-refractivity contribution in [3.8, 4) is 0 Å². The number of hydrogen-bond acceptors (Lipinski definition) is 0. The average molecular weight is 336 g/mol. The molecule has 0 aliphatic rings. The molecule has 0 nitrogen and oxygen atoms in total. The van der Waals surface area contributed by atoms with E-state index in [1.165, 1.54) is 28.4 Å². The van der Waals surface area contributed by atoms with Crippen molar-refractivity contribution in [3.63, 3.8) is 0 Å². The maximum atomic E-state index is 6.28. The molecule has 3 rings (SSSR count). The fraction of sp³-hybridized carbons (Fsp3) is 0.143. The van der Waals surface area contributed by atoms with Gasteiger partial charge in [-0.3, -0.25) is 0 Å². The molecule has 0 amide bonds. The van der Waals surface area contributed by atoms with Gasteiger partial charge in [-0.25, -0.2) is 0 Å². The van der Waals surface area contributed by atoms with E-state index in [2.05, 4.69) is 72.8 Å². The predicted octanol–water partition coefficient (Wildman–Crippen LogP) is 4.58. The molecule has 0 aromatic heterocycles. The fourth-order valence-electron chi connectivity index (χ4n) is 2.89. The van der Waals surface area contributed by atoms with Gasteiger partial charge in [-0.2, -0.15) is 0 Å². The zero-order chi connectivity index (χ0) is 15.9. The minimum Gasteiger partial charge on any atom is -0.0840 e. The molecular weight excluding hydrogens is 316 g/mol. The summed E-state index contributed by atoms with van der Waals surface area (Å²) in [6.45, 7) is 0. The molecule has 115 valence electrons. The van der Waals surface area contributed by atoms with Crippen LogP contribution in [-0.2, 0) is 6.42 Å². The van der Waals surface area contributed by atoms with Gasteiger partial charge in [0.25, 0.3) is 0 Å². The van der Waals surface area contributed by atoms with Gasteiger partial charge in [0, 0.05) is 5.02 Å². The molecule has 3 aromatic carbocycles. The second kappa shape index (κ2) is 8.14. The first-order chi connectivity index (χ1) is 11.3. The Hall–Kier alpha value is -1.83. The molecule has 0 aliphatic heterocycles. The van der Waals surface area contributed by atoms with Crippen molar-refractivity contribution in [1.29, 1.82) is 0 Å². The van der Waals surface area contributed by atoms with E-state index in [-0.39, 0.29) is 0 Å². The van der Waals surface area contributed by atoms with Crippen molar-refractivity contribution < 1.29 is 0 Å². The van der Waals surface area contributed by atoms with Crippen LogP contribution in [0.1, 0.15) is 12.0 Å². The molecule has 0 saturated carbocycles. The largest absolute Gasteiger partial charge is 0.121 e. The van der Waals surface area contributed by atoms with E-state index >= 15 is 0 Å². The summed E-state index contributed by atoms with van der Waals surface area (Å²) in [6.07, 6.45) is 2.22. The highest BCUT2D eigenvalue weighted by Gasteiger charge is 2.16. The van der Waals surface area contributed by atoms with Gasteiger partial charge in [-0.1, -0.05) is 113 Å². The monoisotopic (exact) mass is 335 g/mol. The summed E-state index contributed by atoms with van der Waals surface area (Å²) in [5.74, 6) is 0. The summed E-state index contributed by atoms with van der Waals surface area (Å²) in [7, 11) is -0.725. The number of rotatable bonds is 6. The molecule has 0 heterocycles. The first-order valence-electron chi connectivity index (χ1n) is 8.04. The quantitative estimate of drug-likeness (QED) is 0.578. The molecule has 0 aliphatic carbocycles. The summed E-state index contributed by atoms with van der Waals surface area (Å²) in [5, 5.41) is 3.87. The second-order valence-electron chi connectivity index (χ2n) is 5.66. The Bertz CT molecular complexity index is 686. The van der Waals surface area contributed by atoms with Crippen LogP contribution < -0.4 is 10.4 Å². The highest BCUT2D eigenvalue weighted by molar-refractivity contribution is 6.85. The lowest BCUT2D eigenvalue weighted by atomic mass is 10.1. The van der Waals surface area contributed by atoms with Gasteiger partial charge in [0.05, 0.1) is 0 Å². The number of aryl methyl sites for hydroxylation is 1. The van der Waals surface area contributed by atoms with Gasteiger partial charge in [-0.05, 0) is 18.1 Å². The van der Waals surface area contributed by atoms with Crippen LogP contribution >= 0.6 is 11.6 Å². The van der Waals surface area contributed by atoms with E-state index in [4.69, 9.17) is 11.6 Å². The van der Waals surface area contributed by atoms with Crippen molar-refractivity contribution in [2.24, 2.45) is 0 Å². The molecule has 3 aromatic rings. The van der Waals surface area contributed by atoms with Gasteiger partial charge >= 0.3 is 0 Å². The Morgan fingerprint density at radius 2 is 1.17 bits per heavy atom. The van der Waals surface area contributed by atoms with Crippen LogP contribution in [0.2, 0.25) is 11.1 Å². The molecule has 0 atom stereocenters. The number of benzene rings is 3. The van der Waals surface area contributed by atoms with Crippen LogP contribution in [0.25, 0.3) is 0 Å². The first kappa shape index (κ1) is 16.0. The molecule has 2 heteroatoms. The summed E-state index contributed by atoms with van der Waals surface area (Å²) in [5.41, 5.74) is 1.26. The van der Waals surface area contributed by atoms with Gasteiger partial charge in [0.1, 0.15) is 8.80 Å². The van der Waals surface area contributed by atoms with Crippen molar-refractivity contribution >= 4 is 30.8 Å². The van der Waals surface area contributed by atoms with Gasteiger partial charge < -0.3 is 0 Å². The minimum atomic E-state index is -0.725. The van der Waals surface area contributed by atoms with E-state index in [1.807, 2.05) is 12.1 Å². The average Bonchev–Trinajstić information content (AvgIpc) is 2.62. The third-order valence-corrected chi connectivity index (χ3v) is 7.36. The zero-order valence-electron chi connectivity index (χ0n) is 13.1. The van der Waals surface area contributed by atoms with Gasteiger partial charge in [0.15, 0.2) is 0 Å².